The summed E-state index contributed by atoms with van der Waals surface area (Å²) in [6.45, 7) is 45.2. The number of aliphatic hydroxyl groups excluding tert-OH is 2. The van der Waals surface area contributed by atoms with E-state index in [0.717, 1.165) is 134 Å². The summed E-state index contributed by atoms with van der Waals surface area (Å²) in [5.41, 5.74) is 20.3. The standard InChI is InChI=1S/C23H28N2.2C22H26N2O.C21H28N2O/c1-5-19(6-2)15-18(4)25-23-17-22(13-14-24-23)12-11-21-10-8-9-20(7-3)16-21;1-4-18-7-6-8-20(14-18)9-10-21-11-12-23-22(15-21)24-17(3)13-19(5-2)16-25;1-4-18(5-2)13-17(3)24-22-15-20(11-12-23-22)10-9-19-7-6-8-21(14-19)16-25;1-5-18-7-8-20-9-10-22-21(13-20)23-17(4)12-19(6-2)15-24-14-16(3)11-18/h5,8-10,13-17H,1,4,6-7,11-12H2,2-3H3,(H,24,25);5-8,11-15,25H,2-4,9-10,16H2,1H3,(H,23,24);4,6-8,11-15,25H,1,3,5,9-10,16H2,2H3,(H,23,24);5-6,9-13,18-19H,1-2,7-8,14-15H2,3-4H3,(H,22,23). The molecule has 0 spiro atoms. The highest BCUT2D eigenvalue weighted by molar-refractivity contribution is 5.50. The fraction of sp³-hybridized carbons (Fsp3) is 0.273. The molecule has 0 saturated heterocycles. The monoisotopic (exact) mass is 1320 g/mol. The van der Waals surface area contributed by atoms with Gasteiger partial charge in [0, 0.05) is 53.5 Å². The van der Waals surface area contributed by atoms with Crippen molar-refractivity contribution in [1.29, 1.82) is 0 Å². The van der Waals surface area contributed by atoms with Crippen molar-refractivity contribution in [3.8, 4) is 0 Å². The molecule has 3 aromatic carbocycles. The normalized spacial score (nSPS) is 14.0. The molecule has 1 aliphatic heterocycles. The van der Waals surface area contributed by atoms with Gasteiger partial charge < -0.3 is 36.2 Å². The molecule has 518 valence electrons. The number of aromatic nitrogens is 4. The lowest BCUT2D eigenvalue weighted by molar-refractivity contribution is 0.143. The van der Waals surface area contributed by atoms with Crippen LogP contribution in [0.15, 0.2) is 305 Å². The third-order valence-electron chi connectivity index (χ3n) is 16.4. The highest BCUT2D eigenvalue weighted by Gasteiger charge is 2.10. The predicted molar refractivity (Wildman–Crippen MR) is 422 cm³/mol. The van der Waals surface area contributed by atoms with Gasteiger partial charge in [0.15, 0.2) is 0 Å². The second kappa shape index (κ2) is 45.5. The number of anilines is 4. The van der Waals surface area contributed by atoms with Crippen LogP contribution in [-0.4, -0.2) is 50.0 Å². The second-order valence-corrected chi connectivity index (χ2v) is 24.4. The second-order valence-electron chi connectivity index (χ2n) is 24.4. The SMILES string of the molecule is C=CC(=CC(=C)Nc1cc(CCc2cccc(CC)c2)ccn1)CC.C=CC(=CC(=C)Nc1cc(CCc2cccc(CC)c2)ccn1)CO.C=CC(=CC(=C)Nc1cc(CCc2cccc(CO)c2)ccn1)CC.C=CC1C=C(C)COCC(C=C)C=C(C)Nc2cc(ccn2)CC1. The fourth-order valence-electron chi connectivity index (χ4n) is 10.7. The van der Waals surface area contributed by atoms with Crippen molar-refractivity contribution in [2.75, 3.05) is 41.1 Å². The average molecular weight is 1330 g/mol. The molecule has 0 aliphatic carbocycles. The molecule has 4 aromatic heterocycles. The Bertz CT molecular complexity index is 3610. The molecule has 5 heterocycles. The van der Waals surface area contributed by atoms with Crippen LogP contribution in [0.2, 0.25) is 0 Å². The maximum absolute atomic E-state index is 9.23. The molecule has 11 nitrogen and oxygen atoms in total. The Kier molecular flexibility index (Phi) is 36.6. The smallest absolute Gasteiger partial charge is 0.130 e. The van der Waals surface area contributed by atoms with Gasteiger partial charge in [0.25, 0.3) is 0 Å². The van der Waals surface area contributed by atoms with E-state index < -0.39 is 0 Å². The number of rotatable bonds is 29. The van der Waals surface area contributed by atoms with Gasteiger partial charge in [0.2, 0.25) is 0 Å². The molecule has 2 bridgehead atoms. The van der Waals surface area contributed by atoms with E-state index in [0.29, 0.717) is 30.4 Å². The average Bonchev–Trinajstić information content (AvgIpc) is 1.13. The third-order valence-corrected chi connectivity index (χ3v) is 16.4. The van der Waals surface area contributed by atoms with E-state index in [9.17, 15) is 10.2 Å². The molecule has 8 rings (SSSR count). The van der Waals surface area contributed by atoms with E-state index in [4.69, 9.17) is 4.74 Å². The Morgan fingerprint density at radius 1 is 0.495 bits per heavy atom. The first-order chi connectivity index (χ1) is 48.0. The van der Waals surface area contributed by atoms with Crippen LogP contribution >= 0.6 is 0 Å². The van der Waals surface area contributed by atoms with E-state index >= 15 is 0 Å². The number of benzene rings is 3. The highest BCUT2D eigenvalue weighted by atomic mass is 16.5. The lowest BCUT2D eigenvalue weighted by Crippen LogP contribution is -2.09. The number of aliphatic hydroxyl groups is 2. The number of nitrogens with one attached hydrogen (secondary N) is 4. The highest BCUT2D eigenvalue weighted by Crippen LogP contribution is 2.22. The minimum Gasteiger partial charge on any atom is -0.392 e. The lowest BCUT2D eigenvalue weighted by Gasteiger charge is -2.12. The molecular weight excluding hydrogens is 1220 g/mol. The van der Waals surface area contributed by atoms with Crippen LogP contribution in [0.4, 0.5) is 23.3 Å². The van der Waals surface area contributed by atoms with E-state index in [-0.39, 0.29) is 19.1 Å². The van der Waals surface area contributed by atoms with Crippen LogP contribution in [0.1, 0.15) is 116 Å². The Morgan fingerprint density at radius 3 is 1.30 bits per heavy atom. The molecule has 7 aromatic rings. The van der Waals surface area contributed by atoms with Gasteiger partial charge in [-0.15, -0.1) is 13.2 Å². The van der Waals surface area contributed by atoms with Gasteiger partial charge in [-0.3, -0.25) is 0 Å². The van der Waals surface area contributed by atoms with Gasteiger partial charge >= 0.3 is 0 Å². The number of allylic oxidation sites excluding steroid dienone is 10. The predicted octanol–water partition coefficient (Wildman–Crippen LogP) is 20.1. The molecule has 1 aliphatic rings. The summed E-state index contributed by atoms with van der Waals surface area (Å²) < 4.78 is 5.85. The largest absolute Gasteiger partial charge is 0.392 e. The molecule has 0 fully saturated rings. The first-order valence-electron chi connectivity index (χ1n) is 34.6. The summed E-state index contributed by atoms with van der Waals surface area (Å²) in [6.07, 6.45) is 38.6. The minimum absolute atomic E-state index is 0.0610. The molecule has 0 radical (unpaired) electrons. The van der Waals surface area contributed by atoms with Gasteiger partial charge in [0.05, 0.1) is 26.4 Å². The molecule has 2 atom stereocenters. The van der Waals surface area contributed by atoms with Gasteiger partial charge in [-0.2, -0.15) is 0 Å². The van der Waals surface area contributed by atoms with Crippen molar-refractivity contribution in [3.63, 3.8) is 0 Å². The molecule has 11 heteroatoms. The van der Waals surface area contributed by atoms with E-state index in [1.807, 2.05) is 92.3 Å². The first kappa shape index (κ1) is 79.6. The number of fused-ring (bicyclic) bond motifs is 2. The number of hydrogen-bond acceptors (Lipinski definition) is 11. The number of ether oxygens (including phenoxy) is 1. The van der Waals surface area contributed by atoms with Gasteiger partial charge in [-0.25, -0.2) is 19.9 Å². The fourth-order valence-corrected chi connectivity index (χ4v) is 10.7. The van der Waals surface area contributed by atoms with Crippen molar-refractivity contribution in [3.05, 3.63) is 360 Å². The zero-order chi connectivity index (χ0) is 71.6. The summed E-state index contributed by atoms with van der Waals surface area (Å²) in [5.74, 6) is 3.79. The van der Waals surface area contributed by atoms with Crippen LogP contribution in [0, 0.1) is 11.8 Å². The van der Waals surface area contributed by atoms with Crippen LogP contribution in [-0.2, 0) is 69.1 Å². The quantitative estimate of drug-likeness (QED) is 0.0197. The zero-order valence-electron chi connectivity index (χ0n) is 59.8. The molecule has 99 heavy (non-hydrogen) atoms. The van der Waals surface area contributed by atoms with Gasteiger partial charge in [-0.1, -0.05) is 188 Å². The third kappa shape index (κ3) is 31.4. The Balaban J connectivity index is 0.000000238. The van der Waals surface area contributed by atoms with Crippen molar-refractivity contribution in [2.24, 2.45) is 11.8 Å². The summed E-state index contributed by atoms with van der Waals surface area (Å²) in [7, 11) is 0. The van der Waals surface area contributed by atoms with Gasteiger partial charge in [-0.05, 0) is 236 Å². The van der Waals surface area contributed by atoms with Crippen LogP contribution in [0.25, 0.3) is 0 Å². The number of hydrogen-bond donors (Lipinski definition) is 6. The molecular formula is C88H108N8O3. The maximum Gasteiger partial charge on any atom is 0.130 e. The lowest BCUT2D eigenvalue weighted by atomic mass is 9.98. The Hall–Kier alpha value is -10.0. The topological polar surface area (TPSA) is 149 Å². The summed E-state index contributed by atoms with van der Waals surface area (Å²) in [5, 5.41) is 31.4. The van der Waals surface area contributed by atoms with Crippen LogP contribution < -0.4 is 21.3 Å². The van der Waals surface area contributed by atoms with Crippen molar-refractivity contribution < 1.29 is 14.9 Å². The van der Waals surface area contributed by atoms with Crippen LogP contribution in [0.3, 0.4) is 0 Å². The summed E-state index contributed by atoms with van der Waals surface area (Å²) >= 11 is 0. The molecule has 0 saturated carbocycles. The van der Waals surface area contributed by atoms with Gasteiger partial charge in [0.1, 0.15) is 23.3 Å². The van der Waals surface area contributed by atoms with Crippen molar-refractivity contribution in [2.45, 2.75) is 125 Å². The van der Waals surface area contributed by atoms with E-state index in [1.165, 1.54) is 55.6 Å². The Morgan fingerprint density at radius 2 is 0.899 bits per heavy atom. The number of nitrogens with zero attached hydrogens (tertiary/aromatic N) is 4. The molecule has 2 unspecified atom stereocenters. The first-order valence-corrected chi connectivity index (χ1v) is 34.6. The summed E-state index contributed by atoms with van der Waals surface area (Å²) in [6, 6.07) is 42.2. The van der Waals surface area contributed by atoms with Crippen LogP contribution in [0.5, 0.6) is 0 Å². The maximum atomic E-state index is 9.23. The summed E-state index contributed by atoms with van der Waals surface area (Å²) in [4.78, 5) is 17.5. The molecule has 6 N–H and O–H groups in total. The van der Waals surface area contributed by atoms with E-state index in [2.05, 4.69) is 232 Å². The minimum atomic E-state index is -0.0610. The number of pyridine rings is 4. The zero-order valence-corrected chi connectivity index (χ0v) is 59.8. The van der Waals surface area contributed by atoms with Crippen molar-refractivity contribution >= 4 is 23.3 Å². The van der Waals surface area contributed by atoms with Crippen molar-refractivity contribution in [1.82, 2.24) is 19.9 Å². The molecule has 0 amide bonds. The Labute approximate surface area is 593 Å². The van der Waals surface area contributed by atoms with E-state index in [1.54, 1.807) is 18.3 Å². The number of aryl methyl sites for hydroxylation is 9.